The summed E-state index contributed by atoms with van der Waals surface area (Å²) in [7, 11) is -1.21. The van der Waals surface area contributed by atoms with Crippen LogP contribution in [0.15, 0.2) is 17.0 Å². The van der Waals surface area contributed by atoms with Gasteiger partial charge in [0.1, 0.15) is 10.7 Å². The fraction of sp³-hybridized carbons (Fsp3) is 0.500. The van der Waals surface area contributed by atoms with Crippen LogP contribution in [-0.2, 0) is 10.0 Å². The number of sulfonamides is 1. The van der Waals surface area contributed by atoms with Gasteiger partial charge in [-0.2, -0.15) is 4.31 Å². The number of methoxy groups -OCH3 is 2. The normalized spacial score (nSPS) is 19.1. The number of nitrogens with zero attached hydrogens (tertiary/aromatic N) is 1. The van der Waals surface area contributed by atoms with E-state index in [1.54, 1.807) is 0 Å². The third-order valence-electron chi connectivity index (χ3n) is 3.24. The monoisotopic (exact) mass is 340 g/mol. The van der Waals surface area contributed by atoms with Crippen LogP contribution >= 0.6 is 12.4 Å². The molecule has 1 fully saturated rings. The summed E-state index contributed by atoms with van der Waals surface area (Å²) in [5, 5.41) is 0. The van der Waals surface area contributed by atoms with Gasteiger partial charge in [-0.25, -0.2) is 12.8 Å². The van der Waals surface area contributed by atoms with Crippen molar-refractivity contribution in [3.63, 3.8) is 0 Å². The molecule has 1 atom stereocenters. The van der Waals surface area contributed by atoms with E-state index < -0.39 is 20.7 Å². The molecule has 9 heteroatoms. The van der Waals surface area contributed by atoms with E-state index in [9.17, 15) is 12.8 Å². The molecule has 1 unspecified atom stereocenters. The van der Waals surface area contributed by atoms with E-state index in [-0.39, 0.29) is 43.0 Å². The minimum atomic E-state index is -3.92. The number of hydrogen-bond acceptors (Lipinski definition) is 5. The van der Waals surface area contributed by atoms with Crippen LogP contribution in [-0.4, -0.2) is 46.1 Å². The first-order valence-corrected chi connectivity index (χ1v) is 7.51. The average Bonchev–Trinajstić information content (AvgIpc) is 2.85. The molecule has 0 aliphatic carbocycles. The molecule has 2 rings (SSSR count). The lowest BCUT2D eigenvalue weighted by molar-refractivity contribution is 0.349. The standard InChI is InChI=1S/C12H17FN2O4S.ClH/c1-18-10-5-9(13)12(6-11(10)19-2)20(16,17)15-4-3-8(14)7-15;/h5-6,8H,3-4,7,14H2,1-2H3;1H. The van der Waals surface area contributed by atoms with Gasteiger partial charge in [0.15, 0.2) is 11.5 Å². The summed E-state index contributed by atoms with van der Waals surface area (Å²) in [6.07, 6.45) is 0.564. The van der Waals surface area contributed by atoms with Crippen LogP contribution < -0.4 is 15.2 Å². The van der Waals surface area contributed by atoms with E-state index in [0.29, 0.717) is 6.42 Å². The van der Waals surface area contributed by atoms with Crippen molar-refractivity contribution in [2.75, 3.05) is 27.3 Å². The number of benzene rings is 1. The summed E-state index contributed by atoms with van der Waals surface area (Å²) in [5.74, 6) is -0.568. The van der Waals surface area contributed by atoms with Crippen LogP contribution in [0.2, 0.25) is 0 Å². The minimum absolute atomic E-state index is 0. The topological polar surface area (TPSA) is 81.9 Å². The zero-order valence-corrected chi connectivity index (χ0v) is 13.3. The third-order valence-corrected chi connectivity index (χ3v) is 5.12. The molecule has 6 nitrogen and oxygen atoms in total. The summed E-state index contributed by atoms with van der Waals surface area (Å²) in [6.45, 7) is 0.480. The molecule has 1 aliphatic rings. The highest BCUT2D eigenvalue weighted by atomic mass is 35.5. The number of nitrogens with two attached hydrogens (primary N) is 1. The van der Waals surface area contributed by atoms with Gasteiger partial charge in [-0.3, -0.25) is 0 Å². The van der Waals surface area contributed by atoms with Gasteiger partial charge in [-0.15, -0.1) is 12.4 Å². The van der Waals surface area contributed by atoms with Crippen LogP contribution in [0.4, 0.5) is 4.39 Å². The summed E-state index contributed by atoms with van der Waals surface area (Å²) < 4.78 is 50.0. The van der Waals surface area contributed by atoms with Crippen LogP contribution in [0, 0.1) is 5.82 Å². The van der Waals surface area contributed by atoms with Gasteiger partial charge in [0.05, 0.1) is 14.2 Å². The van der Waals surface area contributed by atoms with E-state index in [0.717, 1.165) is 12.1 Å². The van der Waals surface area contributed by atoms with Gasteiger partial charge in [-0.05, 0) is 6.42 Å². The average molecular weight is 341 g/mol. The molecule has 1 saturated heterocycles. The van der Waals surface area contributed by atoms with Crippen LogP contribution in [0.1, 0.15) is 6.42 Å². The van der Waals surface area contributed by atoms with E-state index >= 15 is 0 Å². The van der Waals surface area contributed by atoms with Crippen LogP contribution in [0.5, 0.6) is 11.5 Å². The minimum Gasteiger partial charge on any atom is -0.493 e. The molecule has 1 aliphatic heterocycles. The predicted octanol–water partition coefficient (Wildman–Crippen LogP) is 0.986. The van der Waals surface area contributed by atoms with Gasteiger partial charge in [0.25, 0.3) is 0 Å². The van der Waals surface area contributed by atoms with Crippen molar-refractivity contribution in [1.82, 2.24) is 4.31 Å². The van der Waals surface area contributed by atoms with Gasteiger partial charge in [0.2, 0.25) is 10.0 Å². The molecule has 1 heterocycles. The van der Waals surface area contributed by atoms with Gasteiger partial charge < -0.3 is 15.2 Å². The second-order valence-corrected chi connectivity index (χ2v) is 6.46. The maximum atomic E-state index is 14.0. The first kappa shape index (κ1) is 18.0. The highest BCUT2D eigenvalue weighted by molar-refractivity contribution is 7.89. The van der Waals surface area contributed by atoms with Gasteiger partial charge >= 0.3 is 0 Å². The Kier molecular flexibility index (Phi) is 5.80. The van der Waals surface area contributed by atoms with Crippen LogP contribution in [0.25, 0.3) is 0 Å². The fourth-order valence-electron chi connectivity index (χ4n) is 2.14. The maximum Gasteiger partial charge on any atom is 0.246 e. The molecule has 120 valence electrons. The Bertz CT molecular complexity index is 612. The number of hydrogen-bond donors (Lipinski definition) is 1. The van der Waals surface area contributed by atoms with Crippen molar-refractivity contribution < 1.29 is 22.3 Å². The molecule has 0 radical (unpaired) electrons. The molecule has 0 saturated carbocycles. The molecule has 21 heavy (non-hydrogen) atoms. The molecule has 0 bridgehead atoms. The zero-order valence-electron chi connectivity index (χ0n) is 11.7. The highest BCUT2D eigenvalue weighted by Gasteiger charge is 2.33. The highest BCUT2D eigenvalue weighted by Crippen LogP contribution is 2.33. The number of halogens is 2. The SMILES string of the molecule is COc1cc(F)c(S(=O)(=O)N2CCC(N)C2)cc1OC.Cl. The van der Waals surface area contributed by atoms with Crippen molar-refractivity contribution in [3.8, 4) is 11.5 Å². The van der Waals surface area contributed by atoms with E-state index in [1.807, 2.05) is 0 Å². The lowest BCUT2D eigenvalue weighted by atomic mass is 10.3. The first-order valence-electron chi connectivity index (χ1n) is 6.07. The molecular weight excluding hydrogens is 323 g/mol. The predicted molar refractivity (Wildman–Crippen MR) is 78.1 cm³/mol. The second kappa shape index (κ2) is 6.78. The van der Waals surface area contributed by atoms with Crippen molar-refractivity contribution in [2.45, 2.75) is 17.4 Å². The number of rotatable bonds is 4. The van der Waals surface area contributed by atoms with Crippen molar-refractivity contribution >= 4 is 22.4 Å². The molecule has 0 aromatic heterocycles. The van der Waals surface area contributed by atoms with Crippen molar-refractivity contribution in [3.05, 3.63) is 17.9 Å². The Morgan fingerprint density at radius 1 is 1.29 bits per heavy atom. The molecule has 1 aromatic rings. The quantitative estimate of drug-likeness (QED) is 0.883. The Morgan fingerprint density at radius 3 is 2.33 bits per heavy atom. The fourth-order valence-corrected chi connectivity index (χ4v) is 3.72. The van der Waals surface area contributed by atoms with Gasteiger partial charge in [-0.1, -0.05) is 0 Å². The van der Waals surface area contributed by atoms with Gasteiger partial charge in [0, 0.05) is 31.3 Å². The molecule has 0 spiro atoms. The van der Waals surface area contributed by atoms with E-state index in [4.69, 9.17) is 15.2 Å². The van der Waals surface area contributed by atoms with Crippen molar-refractivity contribution in [1.29, 1.82) is 0 Å². The largest absolute Gasteiger partial charge is 0.493 e. The lowest BCUT2D eigenvalue weighted by Crippen LogP contribution is -2.32. The summed E-state index contributed by atoms with van der Waals surface area (Å²) in [4.78, 5) is -0.427. The zero-order chi connectivity index (χ0) is 14.9. The Balaban J connectivity index is 0.00000220. The lowest BCUT2D eigenvalue weighted by Gasteiger charge is -2.17. The summed E-state index contributed by atoms with van der Waals surface area (Å²) in [5.41, 5.74) is 5.70. The Morgan fingerprint density at radius 2 is 1.86 bits per heavy atom. The smallest absolute Gasteiger partial charge is 0.246 e. The molecule has 1 aromatic carbocycles. The Labute approximate surface area is 129 Å². The van der Waals surface area contributed by atoms with Crippen molar-refractivity contribution in [2.24, 2.45) is 5.73 Å². The number of ether oxygens (including phenoxy) is 2. The molecule has 2 N–H and O–H groups in total. The van der Waals surface area contributed by atoms with E-state index in [2.05, 4.69) is 0 Å². The Hall–Kier alpha value is -1.09. The summed E-state index contributed by atoms with van der Waals surface area (Å²) in [6, 6.07) is 1.92. The first-order chi connectivity index (χ1) is 9.40. The second-order valence-electron chi connectivity index (χ2n) is 4.55. The van der Waals surface area contributed by atoms with E-state index in [1.165, 1.54) is 18.5 Å². The third kappa shape index (κ3) is 3.39. The molecular formula is C12H18ClFN2O4S. The maximum absolute atomic E-state index is 14.0. The summed E-state index contributed by atoms with van der Waals surface area (Å²) >= 11 is 0. The van der Waals surface area contributed by atoms with Crippen LogP contribution in [0.3, 0.4) is 0 Å². The molecule has 0 amide bonds.